The first-order valence-corrected chi connectivity index (χ1v) is 5.10. The van der Waals surface area contributed by atoms with Crippen molar-refractivity contribution in [1.29, 1.82) is 0 Å². The third-order valence-electron chi connectivity index (χ3n) is 2.31. The van der Waals surface area contributed by atoms with Crippen molar-refractivity contribution in [2.45, 2.75) is 26.7 Å². The Morgan fingerprint density at radius 3 is 2.71 bits per heavy atom. The Kier molecular flexibility index (Phi) is 2.23. The van der Waals surface area contributed by atoms with Gasteiger partial charge in [0.2, 0.25) is 0 Å². The number of aromatic nitrogens is 2. The number of pyridine rings is 1. The van der Waals surface area contributed by atoms with Gasteiger partial charge in [-0.05, 0) is 24.5 Å². The van der Waals surface area contributed by atoms with E-state index in [1.165, 1.54) is 5.56 Å². The molecular formula is C11H13ClN2. The molecule has 0 aromatic carbocycles. The van der Waals surface area contributed by atoms with Crippen LogP contribution in [-0.2, 0) is 0 Å². The van der Waals surface area contributed by atoms with Crippen LogP contribution in [0.2, 0.25) is 5.02 Å². The van der Waals surface area contributed by atoms with Crippen molar-refractivity contribution in [3.05, 3.63) is 34.7 Å². The summed E-state index contributed by atoms with van der Waals surface area (Å²) < 4.78 is 1.99. The van der Waals surface area contributed by atoms with Crippen molar-refractivity contribution >= 4 is 17.2 Å². The van der Waals surface area contributed by atoms with Gasteiger partial charge in [-0.1, -0.05) is 25.4 Å². The number of rotatable bonds is 1. The molecule has 2 rings (SSSR count). The SMILES string of the molecule is Cc1cn2cc(C(C)C)cc(Cl)c2n1. The summed E-state index contributed by atoms with van der Waals surface area (Å²) in [6.45, 7) is 6.28. The fraction of sp³-hybridized carbons (Fsp3) is 0.364. The molecule has 0 atom stereocenters. The van der Waals surface area contributed by atoms with Crippen LogP contribution >= 0.6 is 11.6 Å². The van der Waals surface area contributed by atoms with E-state index in [0.29, 0.717) is 5.92 Å². The molecule has 0 radical (unpaired) electrons. The highest BCUT2D eigenvalue weighted by molar-refractivity contribution is 6.33. The monoisotopic (exact) mass is 208 g/mol. The van der Waals surface area contributed by atoms with Crippen molar-refractivity contribution in [1.82, 2.24) is 9.38 Å². The third kappa shape index (κ3) is 1.50. The van der Waals surface area contributed by atoms with Crippen LogP contribution in [0, 0.1) is 6.92 Å². The van der Waals surface area contributed by atoms with Crippen molar-refractivity contribution in [3.63, 3.8) is 0 Å². The summed E-state index contributed by atoms with van der Waals surface area (Å²) in [4.78, 5) is 4.34. The Balaban J connectivity index is 2.71. The first kappa shape index (κ1) is 9.53. The second-order valence-corrected chi connectivity index (χ2v) is 4.30. The molecule has 0 saturated carbocycles. The molecule has 0 saturated heterocycles. The van der Waals surface area contributed by atoms with Crippen molar-refractivity contribution in [2.24, 2.45) is 0 Å². The van der Waals surface area contributed by atoms with E-state index < -0.39 is 0 Å². The largest absolute Gasteiger partial charge is 0.305 e. The van der Waals surface area contributed by atoms with Gasteiger partial charge in [0.15, 0.2) is 5.65 Å². The van der Waals surface area contributed by atoms with Gasteiger partial charge in [-0.2, -0.15) is 0 Å². The zero-order valence-corrected chi connectivity index (χ0v) is 9.34. The number of nitrogens with zero attached hydrogens (tertiary/aromatic N) is 2. The summed E-state index contributed by atoms with van der Waals surface area (Å²) in [5, 5.41) is 0.726. The molecule has 0 aliphatic carbocycles. The Hall–Kier alpha value is -1.02. The second kappa shape index (κ2) is 3.28. The minimum absolute atomic E-state index is 0.486. The van der Waals surface area contributed by atoms with Crippen LogP contribution in [0.15, 0.2) is 18.5 Å². The number of halogens is 1. The number of hydrogen-bond acceptors (Lipinski definition) is 1. The van der Waals surface area contributed by atoms with E-state index in [2.05, 4.69) is 25.0 Å². The standard InChI is InChI=1S/C11H13ClN2/c1-7(2)9-4-10(12)11-13-8(3)5-14(11)6-9/h4-7H,1-3H3. The molecule has 0 fully saturated rings. The van der Waals surface area contributed by atoms with Crippen LogP contribution in [0.1, 0.15) is 31.0 Å². The molecule has 0 unspecified atom stereocenters. The first-order valence-electron chi connectivity index (χ1n) is 4.72. The van der Waals surface area contributed by atoms with Gasteiger partial charge in [-0.3, -0.25) is 0 Å². The van der Waals surface area contributed by atoms with Crippen LogP contribution in [0.4, 0.5) is 0 Å². The Bertz CT molecular complexity index is 471. The lowest BCUT2D eigenvalue weighted by Crippen LogP contribution is -1.92. The molecule has 14 heavy (non-hydrogen) atoms. The van der Waals surface area contributed by atoms with E-state index in [9.17, 15) is 0 Å². The highest BCUT2D eigenvalue weighted by atomic mass is 35.5. The molecule has 0 aliphatic heterocycles. The Morgan fingerprint density at radius 1 is 1.36 bits per heavy atom. The van der Waals surface area contributed by atoms with Gasteiger partial charge < -0.3 is 4.40 Å². The number of imidazole rings is 1. The number of aryl methyl sites for hydroxylation is 1. The average molecular weight is 209 g/mol. The fourth-order valence-corrected chi connectivity index (χ4v) is 1.78. The van der Waals surface area contributed by atoms with E-state index in [0.717, 1.165) is 16.4 Å². The molecule has 2 heterocycles. The first-order chi connectivity index (χ1) is 6.58. The quantitative estimate of drug-likeness (QED) is 0.702. The predicted octanol–water partition coefficient (Wildman–Crippen LogP) is 3.42. The molecule has 3 heteroatoms. The summed E-state index contributed by atoms with van der Waals surface area (Å²) in [6.07, 6.45) is 4.08. The maximum Gasteiger partial charge on any atom is 0.155 e. The minimum Gasteiger partial charge on any atom is -0.305 e. The molecule has 2 nitrogen and oxygen atoms in total. The lowest BCUT2D eigenvalue weighted by atomic mass is 10.1. The van der Waals surface area contributed by atoms with Gasteiger partial charge in [0.1, 0.15) is 0 Å². The highest BCUT2D eigenvalue weighted by Crippen LogP contribution is 2.23. The number of hydrogen-bond donors (Lipinski definition) is 0. The van der Waals surface area contributed by atoms with Crippen molar-refractivity contribution < 1.29 is 0 Å². The van der Waals surface area contributed by atoms with Crippen molar-refractivity contribution in [2.75, 3.05) is 0 Å². The summed E-state index contributed by atoms with van der Waals surface area (Å²) in [6, 6.07) is 1.99. The highest BCUT2D eigenvalue weighted by Gasteiger charge is 2.07. The fourth-order valence-electron chi connectivity index (χ4n) is 1.52. The summed E-state index contributed by atoms with van der Waals surface area (Å²) >= 11 is 6.14. The van der Waals surface area contributed by atoms with E-state index in [-0.39, 0.29) is 0 Å². The summed E-state index contributed by atoms with van der Waals surface area (Å²) in [7, 11) is 0. The topological polar surface area (TPSA) is 17.3 Å². The summed E-state index contributed by atoms with van der Waals surface area (Å²) in [5.74, 6) is 0.486. The molecule has 0 bridgehead atoms. The zero-order chi connectivity index (χ0) is 10.3. The maximum atomic E-state index is 6.14. The molecule has 0 aliphatic rings. The van der Waals surface area contributed by atoms with Crippen LogP contribution in [-0.4, -0.2) is 9.38 Å². The smallest absolute Gasteiger partial charge is 0.155 e. The van der Waals surface area contributed by atoms with Crippen LogP contribution in [0.25, 0.3) is 5.65 Å². The normalized spacial score (nSPS) is 11.5. The zero-order valence-electron chi connectivity index (χ0n) is 8.58. The number of fused-ring (bicyclic) bond motifs is 1. The van der Waals surface area contributed by atoms with Crippen LogP contribution in [0.5, 0.6) is 0 Å². The van der Waals surface area contributed by atoms with Crippen LogP contribution < -0.4 is 0 Å². The Labute approximate surface area is 88.5 Å². The average Bonchev–Trinajstić information content (AvgIpc) is 2.45. The van der Waals surface area contributed by atoms with Gasteiger partial charge in [0, 0.05) is 12.4 Å². The lowest BCUT2D eigenvalue weighted by molar-refractivity contribution is 0.854. The predicted molar refractivity (Wildman–Crippen MR) is 59.0 cm³/mol. The lowest BCUT2D eigenvalue weighted by Gasteiger charge is -2.06. The third-order valence-corrected chi connectivity index (χ3v) is 2.59. The molecule has 2 aromatic heterocycles. The van der Waals surface area contributed by atoms with E-state index in [1.54, 1.807) is 0 Å². The van der Waals surface area contributed by atoms with Gasteiger partial charge in [0.25, 0.3) is 0 Å². The molecular weight excluding hydrogens is 196 g/mol. The molecule has 0 spiro atoms. The van der Waals surface area contributed by atoms with Gasteiger partial charge in [0.05, 0.1) is 10.7 Å². The van der Waals surface area contributed by atoms with Gasteiger partial charge >= 0.3 is 0 Å². The molecule has 2 aromatic rings. The van der Waals surface area contributed by atoms with Gasteiger partial charge in [-0.15, -0.1) is 0 Å². The molecule has 0 amide bonds. The maximum absolute atomic E-state index is 6.14. The van der Waals surface area contributed by atoms with E-state index in [4.69, 9.17) is 11.6 Å². The summed E-state index contributed by atoms with van der Waals surface area (Å²) in [5.41, 5.74) is 3.07. The Morgan fingerprint density at radius 2 is 2.07 bits per heavy atom. The second-order valence-electron chi connectivity index (χ2n) is 3.89. The van der Waals surface area contributed by atoms with E-state index >= 15 is 0 Å². The van der Waals surface area contributed by atoms with E-state index in [1.807, 2.05) is 23.6 Å². The molecule has 74 valence electrons. The van der Waals surface area contributed by atoms with Crippen LogP contribution in [0.3, 0.4) is 0 Å². The molecule has 0 N–H and O–H groups in total. The minimum atomic E-state index is 0.486. The van der Waals surface area contributed by atoms with Gasteiger partial charge in [-0.25, -0.2) is 4.98 Å². The van der Waals surface area contributed by atoms with Crippen molar-refractivity contribution in [3.8, 4) is 0 Å².